The number of pyridine rings is 1. The second-order valence-electron chi connectivity index (χ2n) is 5.06. The van der Waals surface area contributed by atoms with Crippen LogP contribution in [0.3, 0.4) is 0 Å². The maximum Gasteiger partial charge on any atom is 0.257 e. The molecular formula is C16H20N4O2S. The van der Waals surface area contributed by atoms with Crippen LogP contribution in [0, 0.1) is 5.41 Å². The number of carbonyl (C=O) groups is 1. The number of aliphatic hydroxyl groups is 1. The number of hydrogen-bond donors (Lipinski definition) is 3. The van der Waals surface area contributed by atoms with Gasteiger partial charge in [0, 0.05) is 24.3 Å². The number of hydrogen-bond acceptors (Lipinski definition) is 5. The number of thiophene rings is 1. The number of guanidine groups is 1. The summed E-state index contributed by atoms with van der Waals surface area (Å²) >= 11 is 1.58. The van der Waals surface area contributed by atoms with Crippen LogP contribution in [0.5, 0.6) is 0 Å². The maximum absolute atomic E-state index is 11.8. The molecule has 0 bridgehead atoms. The zero-order chi connectivity index (χ0) is 16.8. The molecular weight excluding hydrogens is 312 g/mol. The van der Waals surface area contributed by atoms with Gasteiger partial charge in [-0.05, 0) is 41.1 Å². The minimum atomic E-state index is -1.07. The number of likely N-dealkylation sites (N-methyl/N-ethyl adjacent to an activating group) is 1. The first kappa shape index (κ1) is 17.1. The lowest BCUT2D eigenvalue weighted by atomic mass is 10.1. The van der Waals surface area contributed by atoms with Crippen LogP contribution >= 0.6 is 11.3 Å². The first-order valence-electron chi connectivity index (χ1n) is 7.28. The fourth-order valence-corrected chi connectivity index (χ4v) is 2.80. The van der Waals surface area contributed by atoms with Crippen molar-refractivity contribution in [3.63, 3.8) is 0 Å². The SMILES string of the molecule is CC[C@@H](O)C(=O)N(C)C(=N)NCc1cc(-c2ccncc2)cs1. The van der Waals surface area contributed by atoms with E-state index in [2.05, 4.69) is 10.3 Å². The van der Waals surface area contributed by atoms with Gasteiger partial charge in [-0.25, -0.2) is 0 Å². The van der Waals surface area contributed by atoms with E-state index < -0.39 is 12.0 Å². The molecule has 0 aliphatic heterocycles. The van der Waals surface area contributed by atoms with Crippen LogP contribution in [0.25, 0.3) is 11.1 Å². The van der Waals surface area contributed by atoms with Gasteiger partial charge in [-0.3, -0.25) is 20.1 Å². The Morgan fingerprint density at radius 1 is 1.43 bits per heavy atom. The Morgan fingerprint density at radius 2 is 2.13 bits per heavy atom. The third-order valence-corrected chi connectivity index (χ3v) is 4.37. The topological polar surface area (TPSA) is 89.3 Å². The lowest BCUT2D eigenvalue weighted by Gasteiger charge is -2.21. The average molecular weight is 332 g/mol. The molecule has 1 atom stereocenters. The second kappa shape index (κ2) is 7.85. The number of nitrogens with zero attached hydrogens (tertiary/aromatic N) is 2. The minimum absolute atomic E-state index is 0.0265. The Morgan fingerprint density at radius 3 is 2.78 bits per heavy atom. The average Bonchev–Trinajstić information content (AvgIpc) is 3.07. The summed E-state index contributed by atoms with van der Waals surface area (Å²) in [7, 11) is 1.48. The highest BCUT2D eigenvalue weighted by Gasteiger charge is 2.20. The molecule has 0 radical (unpaired) electrons. The van der Waals surface area contributed by atoms with Crippen molar-refractivity contribution in [2.45, 2.75) is 26.0 Å². The predicted molar refractivity (Wildman–Crippen MR) is 91.2 cm³/mol. The zero-order valence-electron chi connectivity index (χ0n) is 13.1. The van der Waals surface area contributed by atoms with Crippen molar-refractivity contribution in [3.8, 4) is 11.1 Å². The number of rotatable bonds is 5. The number of carbonyl (C=O) groups excluding carboxylic acids is 1. The largest absolute Gasteiger partial charge is 0.383 e. The summed E-state index contributed by atoms with van der Waals surface area (Å²) in [4.78, 5) is 18.0. The molecule has 122 valence electrons. The van der Waals surface area contributed by atoms with E-state index in [1.165, 1.54) is 7.05 Å². The Balaban J connectivity index is 1.92. The first-order valence-corrected chi connectivity index (χ1v) is 8.16. The third-order valence-electron chi connectivity index (χ3n) is 3.44. The summed E-state index contributed by atoms with van der Waals surface area (Å²) in [5.41, 5.74) is 2.20. The van der Waals surface area contributed by atoms with Crippen molar-refractivity contribution in [1.29, 1.82) is 5.41 Å². The maximum atomic E-state index is 11.8. The van der Waals surface area contributed by atoms with Crippen LogP contribution < -0.4 is 5.32 Å². The molecule has 23 heavy (non-hydrogen) atoms. The summed E-state index contributed by atoms with van der Waals surface area (Å²) in [6.07, 6.45) is 2.76. The number of aliphatic hydroxyl groups excluding tert-OH is 1. The van der Waals surface area contributed by atoms with Crippen molar-refractivity contribution in [2.24, 2.45) is 0 Å². The van der Waals surface area contributed by atoms with Crippen molar-refractivity contribution in [3.05, 3.63) is 40.8 Å². The van der Waals surface area contributed by atoms with Crippen molar-refractivity contribution in [1.82, 2.24) is 15.2 Å². The summed E-state index contributed by atoms with van der Waals surface area (Å²) in [5.74, 6) is -0.505. The Kier molecular flexibility index (Phi) is 5.84. The molecule has 2 aromatic heterocycles. The van der Waals surface area contributed by atoms with Gasteiger partial charge < -0.3 is 10.4 Å². The molecule has 0 aromatic carbocycles. The molecule has 0 unspecified atom stereocenters. The van der Waals surface area contributed by atoms with Gasteiger partial charge in [0.1, 0.15) is 6.10 Å². The molecule has 0 fully saturated rings. The standard InChI is InChI=1S/C16H20N4O2S/c1-3-14(21)15(22)20(2)16(17)19-9-13-8-12(10-23-13)11-4-6-18-7-5-11/h4-8,10,14,21H,3,9H2,1-2H3,(H2,17,19)/t14-/m1/s1. The van der Waals surface area contributed by atoms with Gasteiger partial charge in [0.05, 0.1) is 6.54 Å². The van der Waals surface area contributed by atoms with Crippen molar-refractivity contribution in [2.75, 3.05) is 7.05 Å². The third kappa shape index (κ3) is 4.37. The fourth-order valence-electron chi connectivity index (χ4n) is 1.97. The minimum Gasteiger partial charge on any atom is -0.383 e. The Bertz CT molecular complexity index is 672. The Hall–Kier alpha value is -2.25. The summed E-state index contributed by atoms with van der Waals surface area (Å²) in [6, 6.07) is 5.93. The van der Waals surface area contributed by atoms with Gasteiger partial charge >= 0.3 is 0 Å². The van der Waals surface area contributed by atoms with E-state index in [1.807, 2.05) is 23.6 Å². The molecule has 0 aliphatic rings. The number of nitrogens with one attached hydrogen (secondary N) is 2. The summed E-state index contributed by atoms with van der Waals surface area (Å²) < 4.78 is 0. The predicted octanol–water partition coefficient (Wildman–Crippen LogP) is 2.06. The molecule has 1 amide bonds. The molecule has 0 spiro atoms. The van der Waals surface area contributed by atoms with Crippen molar-refractivity contribution < 1.29 is 9.90 Å². The molecule has 2 rings (SSSR count). The van der Waals surface area contributed by atoms with E-state index >= 15 is 0 Å². The summed E-state index contributed by atoms with van der Waals surface area (Å²) in [5, 5.41) is 22.4. The quantitative estimate of drug-likeness (QED) is 0.577. The lowest BCUT2D eigenvalue weighted by molar-refractivity contribution is -0.135. The van der Waals surface area contributed by atoms with Gasteiger partial charge in [-0.2, -0.15) is 0 Å². The van der Waals surface area contributed by atoms with Gasteiger partial charge in [0.15, 0.2) is 5.96 Å². The smallest absolute Gasteiger partial charge is 0.257 e. The number of aromatic nitrogens is 1. The molecule has 2 aromatic rings. The molecule has 3 N–H and O–H groups in total. The van der Waals surface area contributed by atoms with E-state index in [0.717, 1.165) is 20.9 Å². The molecule has 0 aliphatic carbocycles. The van der Waals surface area contributed by atoms with Crippen LogP contribution in [-0.2, 0) is 11.3 Å². The Labute approximate surface area is 139 Å². The normalized spacial score (nSPS) is 11.8. The van der Waals surface area contributed by atoms with E-state index in [4.69, 9.17) is 5.41 Å². The second-order valence-corrected chi connectivity index (χ2v) is 6.06. The van der Waals surface area contributed by atoms with Crippen LogP contribution in [0.15, 0.2) is 36.0 Å². The van der Waals surface area contributed by atoms with Crippen LogP contribution in [0.1, 0.15) is 18.2 Å². The number of amides is 1. The van der Waals surface area contributed by atoms with Crippen LogP contribution in [-0.4, -0.2) is 40.0 Å². The molecule has 0 saturated heterocycles. The fraction of sp³-hybridized carbons (Fsp3) is 0.312. The summed E-state index contributed by atoms with van der Waals surface area (Å²) in [6.45, 7) is 2.17. The lowest BCUT2D eigenvalue weighted by Crippen LogP contribution is -2.45. The van der Waals surface area contributed by atoms with Gasteiger partial charge in [0.25, 0.3) is 5.91 Å². The van der Waals surface area contributed by atoms with Gasteiger partial charge in [0.2, 0.25) is 0 Å². The van der Waals surface area contributed by atoms with Crippen LogP contribution in [0.4, 0.5) is 0 Å². The molecule has 6 nitrogen and oxygen atoms in total. The molecule has 0 saturated carbocycles. The molecule has 2 heterocycles. The monoisotopic (exact) mass is 332 g/mol. The van der Waals surface area contributed by atoms with Crippen LogP contribution in [0.2, 0.25) is 0 Å². The highest BCUT2D eigenvalue weighted by molar-refractivity contribution is 7.10. The highest BCUT2D eigenvalue weighted by atomic mass is 32.1. The highest BCUT2D eigenvalue weighted by Crippen LogP contribution is 2.24. The zero-order valence-corrected chi connectivity index (χ0v) is 13.9. The van der Waals surface area contributed by atoms with E-state index in [1.54, 1.807) is 30.7 Å². The van der Waals surface area contributed by atoms with E-state index in [0.29, 0.717) is 13.0 Å². The van der Waals surface area contributed by atoms with Crippen molar-refractivity contribution >= 4 is 23.2 Å². The van der Waals surface area contributed by atoms with Gasteiger partial charge in [-0.1, -0.05) is 6.92 Å². The van der Waals surface area contributed by atoms with E-state index in [-0.39, 0.29) is 5.96 Å². The van der Waals surface area contributed by atoms with Gasteiger partial charge in [-0.15, -0.1) is 11.3 Å². The molecule has 7 heteroatoms. The first-order chi connectivity index (χ1) is 11.0. The van der Waals surface area contributed by atoms with E-state index in [9.17, 15) is 9.90 Å².